The Morgan fingerprint density at radius 2 is 1.56 bits per heavy atom. The number of fused-ring (bicyclic) bond motifs is 3. The minimum absolute atomic E-state index is 0. The van der Waals surface area contributed by atoms with Crippen molar-refractivity contribution < 1.29 is 34.4 Å². The van der Waals surface area contributed by atoms with Crippen LogP contribution in [0.1, 0.15) is 119 Å². The third-order valence-electron chi connectivity index (χ3n) is 11.8. The summed E-state index contributed by atoms with van der Waals surface area (Å²) in [6.45, 7) is 25.5. The minimum atomic E-state index is -0.337. The molecule has 0 fully saturated rings. The molecule has 4 nitrogen and oxygen atoms in total. The Kier molecular flexibility index (Phi) is 14.2. The van der Waals surface area contributed by atoms with E-state index < -0.39 is 0 Å². The minimum Gasteiger partial charge on any atom is -0.512 e. The second-order valence-corrected chi connectivity index (χ2v) is 17.9. The third-order valence-corrected chi connectivity index (χ3v) is 12.9. The summed E-state index contributed by atoms with van der Waals surface area (Å²) in [5, 5.41) is 15.9. The fraction of sp³-hybridized carbons (Fsp3) is 0.429. The molecular weight excluding hydrogens is 875 g/mol. The SMILES string of the molecule is CCC(C)(CC)C(=O)/C=C(\O)C(C)(CC)CC.Cc1csc2c(-c3ccc4c(CC(C)C)coc4c3)cc(-c3[c-]c4ccccc4c(C(C)(C)C)c3)nc12.[Ir]. The molecule has 3 aromatic carbocycles. The summed E-state index contributed by atoms with van der Waals surface area (Å²) in [5.41, 5.74) is 9.57. The predicted octanol–water partition coefficient (Wildman–Crippen LogP) is 14.8. The average molecular weight is 935 g/mol. The Labute approximate surface area is 347 Å². The van der Waals surface area contributed by atoms with Crippen molar-refractivity contribution in [3.05, 3.63) is 101 Å². The quantitative estimate of drug-likeness (QED) is 0.0799. The molecule has 3 aromatic heterocycles. The summed E-state index contributed by atoms with van der Waals surface area (Å²) in [6, 6.07) is 23.4. The van der Waals surface area contributed by atoms with E-state index in [-0.39, 0.29) is 47.9 Å². The molecule has 3 heterocycles. The van der Waals surface area contributed by atoms with Crippen molar-refractivity contribution in [2.24, 2.45) is 16.7 Å². The smallest absolute Gasteiger partial charge is 0.164 e. The zero-order chi connectivity index (χ0) is 39.6. The van der Waals surface area contributed by atoms with Crippen LogP contribution in [0.5, 0.6) is 0 Å². The number of hydrogen-bond donors (Lipinski definition) is 1. The van der Waals surface area contributed by atoms with E-state index in [1.165, 1.54) is 43.8 Å². The number of ketones is 1. The molecule has 0 aliphatic heterocycles. The Balaban J connectivity index is 0.000000320. The number of carbonyl (C=O) groups excluding carboxylic acids is 1. The molecule has 1 radical (unpaired) electrons. The van der Waals surface area contributed by atoms with Crippen molar-refractivity contribution in [2.45, 2.75) is 121 Å². The number of benzene rings is 3. The van der Waals surface area contributed by atoms with Gasteiger partial charge in [-0.1, -0.05) is 124 Å². The van der Waals surface area contributed by atoms with Gasteiger partial charge < -0.3 is 9.52 Å². The molecule has 6 heteroatoms. The van der Waals surface area contributed by atoms with E-state index in [1.807, 2.05) is 47.8 Å². The Morgan fingerprint density at radius 3 is 2.18 bits per heavy atom. The van der Waals surface area contributed by atoms with Gasteiger partial charge in [0.1, 0.15) is 11.3 Å². The third kappa shape index (κ3) is 9.36. The second-order valence-electron chi connectivity index (χ2n) is 17.0. The summed E-state index contributed by atoms with van der Waals surface area (Å²) < 4.78 is 7.24. The first kappa shape index (κ1) is 44.1. The Morgan fingerprint density at radius 1 is 0.909 bits per heavy atom. The van der Waals surface area contributed by atoms with E-state index in [4.69, 9.17) is 9.40 Å². The number of aliphatic hydroxyl groups is 1. The Hall–Kier alpha value is -3.57. The van der Waals surface area contributed by atoms with Gasteiger partial charge in [0.2, 0.25) is 0 Å². The predicted molar refractivity (Wildman–Crippen MR) is 232 cm³/mol. The maximum atomic E-state index is 12.2. The molecule has 0 bridgehead atoms. The van der Waals surface area contributed by atoms with Crippen LogP contribution in [-0.4, -0.2) is 15.9 Å². The van der Waals surface area contributed by atoms with Gasteiger partial charge in [-0.3, -0.25) is 9.78 Å². The van der Waals surface area contributed by atoms with E-state index in [2.05, 4.69) is 108 Å². The van der Waals surface area contributed by atoms with Gasteiger partial charge in [0.25, 0.3) is 0 Å². The maximum Gasteiger partial charge on any atom is 0.164 e. The Bertz CT molecular complexity index is 2290. The van der Waals surface area contributed by atoms with Crippen molar-refractivity contribution >= 4 is 49.1 Å². The van der Waals surface area contributed by atoms with Crippen molar-refractivity contribution in [3.63, 3.8) is 0 Å². The number of allylic oxidation sites excluding steroid dienone is 2. The monoisotopic (exact) mass is 935 g/mol. The number of rotatable bonds is 11. The van der Waals surface area contributed by atoms with Gasteiger partial charge in [0.05, 0.1) is 16.5 Å². The molecule has 6 aromatic rings. The number of aliphatic hydroxyl groups excluding tert-OH is 1. The summed E-state index contributed by atoms with van der Waals surface area (Å²) in [5.74, 6) is 0.877. The molecule has 0 spiro atoms. The van der Waals surface area contributed by atoms with Crippen LogP contribution in [0.15, 0.2) is 82.5 Å². The maximum absolute atomic E-state index is 12.2. The van der Waals surface area contributed by atoms with Crippen molar-refractivity contribution in [2.75, 3.05) is 0 Å². The van der Waals surface area contributed by atoms with Crippen LogP contribution in [0, 0.1) is 29.7 Å². The zero-order valence-electron chi connectivity index (χ0n) is 35.0. The van der Waals surface area contributed by atoms with E-state index in [0.717, 1.165) is 65.4 Å². The van der Waals surface area contributed by atoms with Gasteiger partial charge in [-0.15, -0.1) is 40.5 Å². The summed E-state index contributed by atoms with van der Waals surface area (Å²) in [4.78, 5) is 17.4. The molecular formula is C49H60IrNO3S-. The number of aromatic nitrogens is 1. The number of nitrogens with zero attached hydrogens (tertiary/aromatic N) is 1. The van der Waals surface area contributed by atoms with Crippen LogP contribution in [0.2, 0.25) is 0 Å². The first-order valence-electron chi connectivity index (χ1n) is 19.8. The molecule has 1 N–H and O–H groups in total. The van der Waals surface area contributed by atoms with E-state index in [1.54, 1.807) is 11.3 Å². The summed E-state index contributed by atoms with van der Waals surface area (Å²) in [6.07, 6.45) is 7.70. The van der Waals surface area contributed by atoms with Gasteiger partial charge in [-0.05, 0) is 84.1 Å². The van der Waals surface area contributed by atoms with Crippen LogP contribution in [0.25, 0.3) is 54.3 Å². The number of aryl methyl sites for hydroxylation is 1. The van der Waals surface area contributed by atoms with Crippen LogP contribution in [0.4, 0.5) is 0 Å². The van der Waals surface area contributed by atoms with Crippen molar-refractivity contribution in [1.29, 1.82) is 0 Å². The van der Waals surface area contributed by atoms with Crippen LogP contribution in [0.3, 0.4) is 0 Å². The van der Waals surface area contributed by atoms with Gasteiger partial charge in [-0.25, -0.2) is 0 Å². The second kappa shape index (κ2) is 17.7. The molecule has 0 saturated carbocycles. The van der Waals surface area contributed by atoms with Gasteiger partial charge in [0, 0.05) is 48.1 Å². The van der Waals surface area contributed by atoms with Gasteiger partial charge in [0.15, 0.2) is 5.78 Å². The normalized spacial score (nSPS) is 12.6. The zero-order valence-corrected chi connectivity index (χ0v) is 38.2. The van der Waals surface area contributed by atoms with E-state index in [9.17, 15) is 9.90 Å². The van der Waals surface area contributed by atoms with Crippen LogP contribution < -0.4 is 0 Å². The van der Waals surface area contributed by atoms with Crippen LogP contribution >= 0.6 is 11.3 Å². The molecule has 0 aliphatic rings. The molecule has 0 amide bonds. The molecule has 295 valence electrons. The number of furan rings is 1. The summed E-state index contributed by atoms with van der Waals surface area (Å²) in [7, 11) is 0. The number of carbonyl (C=O) groups is 1. The average Bonchev–Trinajstić information content (AvgIpc) is 3.74. The largest absolute Gasteiger partial charge is 0.512 e. The molecule has 0 saturated heterocycles. The van der Waals surface area contributed by atoms with Crippen LogP contribution in [-0.2, 0) is 36.7 Å². The first-order chi connectivity index (χ1) is 25.5. The standard InChI is InChI=1S/C34H32NOS.C15H28O2.Ir/c1-20(2)13-25-18-36-31-16-23(11-12-27(25)31)28-17-30(35-32-21(3)19-37-33(28)32)24-14-22-9-7-8-10-26(22)29(15-24)34(4,5)6;1-7-14(5,8-2)12(16)11-13(17)15(6,9-3)10-4;/h7-12,15-20H,13H2,1-6H3;11,16H,7-10H2,1-6H3;/q-1;;/b;12-11-;. The molecule has 0 aliphatic carbocycles. The number of thiophene rings is 1. The van der Waals surface area contributed by atoms with E-state index >= 15 is 0 Å². The van der Waals surface area contributed by atoms with E-state index in [0.29, 0.717) is 5.92 Å². The topological polar surface area (TPSA) is 63.3 Å². The fourth-order valence-corrected chi connectivity index (χ4v) is 8.02. The van der Waals surface area contributed by atoms with Gasteiger partial charge in [-0.2, -0.15) is 0 Å². The first-order valence-corrected chi connectivity index (χ1v) is 20.7. The molecule has 55 heavy (non-hydrogen) atoms. The van der Waals surface area contributed by atoms with Crippen molar-refractivity contribution in [3.8, 4) is 22.4 Å². The van der Waals surface area contributed by atoms with Gasteiger partial charge >= 0.3 is 0 Å². The van der Waals surface area contributed by atoms with Crippen molar-refractivity contribution in [1.82, 2.24) is 4.98 Å². The summed E-state index contributed by atoms with van der Waals surface area (Å²) >= 11 is 1.76. The molecule has 6 rings (SSSR count). The molecule has 0 unspecified atom stereocenters. The number of hydrogen-bond acceptors (Lipinski definition) is 5. The number of pyridine rings is 1. The fourth-order valence-electron chi connectivity index (χ4n) is 7.00. The molecule has 0 atom stereocenters.